The molecule has 1 aromatic rings. The minimum atomic E-state index is 0.422. The first kappa shape index (κ1) is 14.1. The van der Waals surface area contributed by atoms with Crippen molar-refractivity contribution in [1.29, 1.82) is 0 Å². The van der Waals surface area contributed by atoms with Crippen molar-refractivity contribution in [3.05, 3.63) is 40.4 Å². The van der Waals surface area contributed by atoms with E-state index in [1.807, 2.05) is 26.0 Å². The Morgan fingerprint density at radius 3 is 2.65 bits per heavy atom. The Morgan fingerprint density at radius 1 is 1.47 bits per heavy atom. The van der Waals surface area contributed by atoms with E-state index in [0.717, 1.165) is 28.3 Å². The van der Waals surface area contributed by atoms with E-state index < -0.39 is 0 Å². The molecule has 17 heavy (non-hydrogen) atoms. The predicted octanol–water partition coefficient (Wildman–Crippen LogP) is 4.72. The van der Waals surface area contributed by atoms with Gasteiger partial charge in [-0.2, -0.15) is 0 Å². The molecule has 0 radical (unpaired) electrons. The second-order valence-corrected chi connectivity index (χ2v) is 4.87. The number of benzene rings is 1. The average molecular weight is 253 g/mol. The molecule has 0 fully saturated rings. The summed E-state index contributed by atoms with van der Waals surface area (Å²) in [5.41, 5.74) is 3.44. The highest BCUT2D eigenvalue weighted by molar-refractivity contribution is 6.31. The third-order valence-corrected chi connectivity index (χ3v) is 3.40. The van der Waals surface area contributed by atoms with Crippen molar-refractivity contribution in [1.82, 2.24) is 0 Å². The molecule has 1 unspecified atom stereocenters. The zero-order chi connectivity index (χ0) is 13.0. The molecule has 0 amide bonds. The van der Waals surface area contributed by atoms with Gasteiger partial charge in [0.05, 0.1) is 6.61 Å². The first-order chi connectivity index (χ1) is 8.01. The predicted molar refractivity (Wildman–Crippen MR) is 75.2 cm³/mol. The number of hydrogen-bond acceptors (Lipinski definition) is 1. The lowest BCUT2D eigenvalue weighted by molar-refractivity contribution is 0.333. The smallest absolute Gasteiger partial charge is 0.125 e. The highest BCUT2D eigenvalue weighted by atomic mass is 35.5. The minimum absolute atomic E-state index is 0.422. The number of allylic oxidation sites excluding steroid dienone is 1. The second kappa shape index (κ2) is 6.11. The quantitative estimate of drug-likeness (QED) is 0.689. The molecule has 0 aliphatic heterocycles. The van der Waals surface area contributed by atoms with Gasteiger partial charge in [-0.25, -0.2) is 0 Å². The lowest BCUT2D eigenvalue weighted by atomic mass is 9.94. The summed E-state index contributed by atoms with van der Waals surface area (Å²) in [5, 5.41) is 0.817. The zero-order valence-corrected chi connectivity index (χ0v) is 11.9. The van der Waals surface area contributed by atoms with Crippen molar-refractivity contribution < 1.29 is 4.74 Å². The van der Waals surface area contributed by atoms with Crippen LogP contribution in [-0.4, -0.2) is 6.61 Å². The lowest BCUT2D eigenvalue weighted by Gasteiger charge is -2.18. The monoisotopic (exact) mass is 252 g/mol. The van der Waals surface area contributed by atoms with E-state index in [1.54, 1.807) is 0 Å². The summed E-state index contributed by atoms with van der Waals surface area (Å²) in [7, 11) is 0. The summed E-state index contributed by atoms with van der Waals surface area (Å²) < 4.78 is 5.76. The number of rotatable bonds is 5. The van der Waals surface area contributed by atoms with Gasteiger partial charge in [-0.15, -0.1) is 6.58 Å². The molecule has 0 aliphatic rings. The Morgan fingerprint density at radius 2 is 2.12 bits per heavy atom. The Hall–Kier alpha value is -0.950. The van der Waals surface area contributed by atoms with Gasteiger partial charge < -0.3 is 4.74 Å². The van der Waals surface area contributed by atoms with Gasteiger partial charge in [0, 0.05) is 5.02 Å². The van der Waals surface area contributed by atoms with E-state index >= 15 is 0 Å². The summed E-state index contributed by atoms with van der Waals surface area (Å²) in [6.07, 6.45) is 2.89. The fourth-order valence-electron chi connectivity index (χ4n) is 1.91. The molecule has 0 heterocycles. The maximum Gasteiger partial charge on any atom is 0.125 e. The third kappa shape index (κ3) is 3.26. The molecule has 0 saturated carbocycles. The molecule has 1 aromatic carbocycles. The molecule has 94 valence electrons. The molecular formula is C15H21ClO. The SMILES string of the molecule is C=CC(C)Cc1c(C)c(Cl)cc(C)c1OCC. The van der Waals surface area contributed by atoms with Gasteiger partial charge in [-0.1, -0.05) is 24.6 Å². The van der Waals surface area contributed by atoms with E-state index in [2.05, 4.69) is 20.4 Å². The van der Waals surface area contributed by atoms with Crippen molar-refractivity contribution in [2.45, 2.75) is 34.1 Å². The van der Waals surface area contributed by atoms with Crippen LogP contribution in [0.2, 0.25) is 5.02 Å². The molecule has 1 atom stereocenters. The molecule has 0 spiro atoms. The Bertz CT molecular complexity index is 410. The summed E-state index contributed by atoms with van der Waals surface area (Å²) >= 11 is 6.24. The molecule has 0 aromatic heterocycles. The summed E-state index contributed by atoms with van der Waals surface area (Å²) in [5.74, 6) is 1.41. The van der Waals surface area contributed by atoms with Gasteiger partial charge in [0.15, 0.2) is 0 Å². The van der Waals surface area contributed by atoms with Gasteiger partial charge in [-0.3, -0.25) is 0 Å². The Labute approximate surface area is 109 Å². The van der Waals surface area contributed by atoms with Crippen LogP contribution in [0.4, 0.5) is 0 Å². The van der Waals surface area contributed by atoms with Crippen LogP contribution >= 0.6 is 11.6 Å². The van der Waals surface area contributed by atoms with E-state index in [-0.39, 0.29) is 0 Å². The maximum absolute atomic E-state index is 6.24. The van der Waals surface area contributed by atoms with Gasteiger partial charge in [0.1, 0.15) is 5.75 Å². The van der Waals surface area contributed by atoms with Crippen molar-refractivity contribution in [2.24, 2.45) is 5.92 Å². The molecule has 1 rings (SSSR count). The zero-order valence-electron chi connectivity index (χ0n) is 11.1. The molecular weight excluding hydrogens is 232 g/mol. The van der Waals surface area contributed by atoms with Gasteiger partial charge in [0.2, 0.25) is 0 Å². The van der Waals surface area contributed by atoms with Gasteiger partial charge in [0.25, 0.3) is 0 Å². The van der Waals surface area contributed by atoms with Crippen molar-refractivity contribution in [3.63, 3.8) is 0 Å². The van der Waals surface area contributed by atoms with E-state index in [1.165, 1.54) is 5.56 Å². The highest BCUT2D eigenvalue weighted by Crippen LogP contribution is 2.34. The van der Waals surface area contributed by atoms with Crippen LogP contribution in [0.25, 0.3) is 0 Å². The van der Waals surface area contributed by atoms with Gasteiger partial charge >= 0.3 is 0 Å². The van der Waals surface area contributed by atoms with E-state index in [9.17, 15) is 0 Å². The molecule has 1 nitrogen and oxygen atoms in total. The molecule has 0 bridgehead atoms. The van der Waals surface area contributed by atoms with E-state index in [0.29, 0.717) is 12.5 Å². The fourth-order valence-corrected chi connectivity index (χ4v) is 2.19. The van der Waals surface area contributed by atoms with Crippen LogP contribution in [-0.2, 0) is 6.42 Å². The van der Waals surface area contributed by atoms with Crippen molar-refractivity contribution >= 4 is 11.6 Å². The molecule has 0 N–H and O–H groups in total. The van der Waals surface area contributed by atoms with Crippen LogP contribution in [0, 0.1) is 19.8 Å². The molecule has 0 aliphatic carbocycles. The summed E-state index contributed by atoms with van der Waals surface area (Å²) in [6.45, 7) is 12.8. The first-order valence-electron chi connectivity index (χ1n) is 6.05. The fraction of sp³-hybridized carbons (Fsp3) is 0.467. The number of hydrogen-bond donors (Lipinski definition) is 0. The van der Waals surface area contributed by atoms with Crippen LogP contribution in [0.3, 0.4) is 0 Å². The highest BCUT2D eigenvalue weighted by Gasteiger charge is 2.15. The first-order valence-corrected chi connectivity index (χ1v) is 6.42. The average Bonchev–Trinajstić information content (AvgIpc) is 2.30. The molecule has 2 heteroatoms. The van der Waals surface area contributed by atoms with Crippen LogP contribution in [0.5, 0.6) is 5.75 Å². The van der Waals surface area contributed by atoms with Crippen LogP contribution < -0.4 is 4.74 Å². The summed E-state index contributed by atoms with van der Waals surface area (Å²) in [4.78, 5) is 0. The minimum Gasteiger partial charge on any atom is -0.493 e. The number of ether oxygens (including phenoxy) is 1. The number of aryl methyl sites for hydroxylation is 1. The largest absolute Gasteiger partial charge is 0.493 e. The maximum atomic E-state index is 6.24. The van der Waals surface area contributed by atoms with Crippen LogP contribution in [0.1, 0.15) is 30.5 Å². The Kier molecular flexibility index (Phi) is 5.07. The van der Waals surface area contributed by atoms with Crippen LogP contribution in [0.15, 0.2) is 18.7 Å². The molecule has 0 saturated heterocycles. The summed E-state index contributed by atoms with van der Waals surface area (Å²) in [6, 6.07) is 1.98. The standard InChI is InChI=1S/C15H21ClO/c1-6-10(3)8-13-12(5)14(16)9-11(4)15(13)17-7-2/h6,9-10H,1,7-8H2,2-5H3. The lowest BCUT2D eigenvalue weighted by Crippen LogP contribution is -2.05. The third-order valence-electron chi connectivity index (χ3n) is 3.00. The normalized spacial score (nSPS) is 12.3. The van der Waals surface area contributed by atoms with Crippen molar-refractivity contribution in [2.75, 3.05) is 6.61 Å². The topological polar surface area (TPSA) is 9.23 Å². The number of halogens is 1. The second-order valence-electron chi connectivity index (χ2n) is 4.46. The van der Waals surface area contributed by atoms with E-state index in [4.69, 9.17) is 16.3 Å². The van der Waals surface area contributed by atoms with Crippen molar-refractivity contribution in [3.8, 4) is 5.75 Å². The Balaban J connectivity index is 3.25. The van der Waals surface area contributed by atoms with Gasteiger partial charge in [-0.05, 0) is 55.9 Å².